The van der Waals surface area contributed by atoms with Gasteiger partial charge in [0.1, 0.15) is 4.90 Å². The summed E-state index contributed by atoms with van der Waals surface area (Å²) in [5, 5.41) is 0.269. The molecular weight excluding hydrogens is 309 g/mol. The Morgan fingerprint density at radius 1 is 1.37 bits per heavy atom. The van der Waals surface area contributed by atoms with Crippen molar-refractivity contribution in [2.45, 2.75) is 24.8 Å². The van der Waals surface area contributed by atoms with Gasteiger partial charge in [0.25, 0.3) is 0 Å². The maximum absolute atomic E-state index is 12.6. The van der Waals surface area contributed by atoms with Crippen molar-refractivity contribution in [2.24, 2.45) is 0 Å². The first kappa shape index (κ1) is 16.7. The zero-order valence-electron chi connectivity index (χ0n) is 11.1. The maximum atomic E-state index is 12.6. The molecule has 108 valence electrons. The van der Waals surface area contributed by atoms with E-state index < -0.39 is 10.0 Å². The van der Waals surface area contributed by atoms with Crippen LogP contribution < -0.4 is 0 Å². The summed E-state index contributed by atoms with van der Waals surface area (Å²) >= 11 is 11.9. The topological polar surface area (TPSA) is 46.6 Å². The van der Waals surface area contributed by atoms with E-state index in [9.17, 15) is 8.42 Å². The first-order valence-electron chi connectivity index (χ1n) is 5.81. The second-order valence-corrected chi connectivity index (χ2v) is 6.71. The minimum Gasteiger partial charge on any atom is -0.383 e. The lowest BCUT2D eigenvalue weighted by molar-refractivity contribution is 0.142. The molecule has 0 aliphatic carbocycles. The lowest BCUT2D eigenvalue weighted by Crippen LogP contribution is -2.40. The highest BCUT2D eigenvalue weighted by atomic mass is 35.5. The van der Waals surface area contributed by atoms with E-state index in [1.807, 2.05) is 0 Å². The van der Waals surface area contributed by atoms with Gasteiger partial charge in [0.2, 0.25) is 10.0 Å². The third-order valence-electron chi connectivity index (χ3n) is 2.71. The number of methoxy groups -OCH3 is 1. The van der Waals surface area contributed by atoms with Crippen molar-refractivity contribution in [3.05, 3.63) is 28.2 Å². The monoisotopic (exact) mass is 325 g/mol. The van der Waals surface area contributed by atoms with Crippen LogP contribution in [0.3, 0.4) is 0 Å². The average molecular weight is 326 g/mol. The minimum atomic E-state index is -3.69. The van der Waals surface area contributed by atoms with Crippen molar-refractivity contribution in [1.29, 1.82) is 0 Å². The molecule has 1 aromatic carbocycles. The Bertz CT molecular complexity index is 534. The zero-order chi connectivity index (χ0) is 14.6. The van der Waals surface area contributed by atoms with E-state index in [4.69, 9.17) is 27.9 Å². The molecule has 0 amide bonds. The SMILES string of the molecule is CCN(C(C)COC)S(=O)(=O)c1cccc(Cl)c1Cl. The number of hydrogen-bond donors (Lipinski definition) is 0. The largest absolute Gasteiger partial charge is 0.383 e. The molecule has 19 heavy (non-hydrogen) atoms. The number of halogens is 2. The second kappa shape index (κ2) is 6.90. The van der Waals surface area contributed by atoms with Crippen molar-refractivity contribution >= 4 is 33.2 Å². The van der Waals surface area contributed by atoms with Crippen LogP contribution in [0.15, 0.2) is 23.1 Å². The molecule has 0 spiro atoms. The van der Waals surface area contributed by atoms with E-state index in [1.165, 1.54) is 17.5 Å². The van der Waals surface area contributed by atoms with E-state index in [2.05, 4.69) is 0 Å². The summed E-state index contributed by atoms with van der Waals surface area (Å²) in [5.41, 5.74) is 0. The van der Waals surface area contributed by atoms with E-state index in [0.717, 1.165) is 0 Å². The van der Waals surface area contributed by atoms with Crippen LogP contribution in [0.4, 0.5) is 0 Å². The summed E-state index contributed by atoms with van der Waals surface area (Å²) in [6.07, 6.45) is 0. The molecule has 0 aliphatic rings. The molecule has 0 fully saturated rings. The Balaban J connectivity index is 3.25. The van der Waals surface area contributed by atoms with Gasteiger partial charge >= 0.3 is 0 Å². The van der Waals surface area contributed by atoms with Crippen LogP contribution in [0.5, 0.6) is 0 Å². The Morgan fingerprint density at radius 3 is 2.53 bits per heavy atom. The van der Waals surface area contributed by atoms with Gasteiger partial charge < -0.3 is 4.74 Å². The molecule has 0 radical (unpaired) electrons. The van der Waals surface area contributed by atoms with Gasteiger partial charge in [-0.05, 0) is 19.1 Å². The fourth-order valence-corrected chi connectivity index (χ4v) is 4.22. The molecule has 1 unspecified atom stereocenters. The standard InChI is InChI=1S/C12H17Cl2NO3S/c1-4-15(9(2)8-18-3)19(16,17)11-7-5-6-10(13)12(11)14/h5-7,9H,4,8H2,1-3H3. The highest BCUT2D eigenvalue weighted by molar-refractivity contribution is 7.89. The molecule has 0 heterocycles. The third-order valence-corrected chi connectivity index (χ3v) is 5.78. The summed E-state index contributed by atoms with van der Waals surface area (Å²) < 4.78 is 31.5. The summed E-state index contributed by atoms with van der Waals surface area (Å²) in [6, 6.07) is 4.29. The van der Waals surface area contributed by atoms with Gasteiger partial charge in [0, 0.05) is 19.7 Å². The van der Waals surface area contributed by atoms with Crippen molar-refractivity contribution in [1.82, 2.24) is 4.31 Å². The minimum absolute atomic E-state index is 0.0199. The molecule has 0 saturated heterocycles. The number of sulfonamides is 1. The van der Waals surface area contributed by atoms with Crippen molar-refractivity contribution in [3.63, 3.8) is 0 Å². The summed E-state index contributed by atoms with van der Waals surface area (Å²) in [5.74, 6) is 0. The Kier molecular flexibility index (Phi) is 6.08. The van der Waals surface area contributed by atoms with Crippen LogP contribution in [0, 0.1) is 0 Å². The first-order chi connectivity index (χ1) is 8.86. The molecular formula is C12H17Cl2NO3S. The first-order valence-corrected chi connectivity index (χ1v) is 8.00. The molecule has 0 bridgehead atoms. The van der Waals surface area contributed by atoms with Crippen molar-refractivity contribution in [2.75, 3.05) is 20.3 Å². The van der Waals surface area contributed by atoms with E-state index >= 15 is 0 Å². The van der Waals surface area contributed by atoms with Crippen LogP contribution in [0.25, 0.3) is 0 Å². The predicted molar refractivity (Wildman–Crippen MR) is 77.4 cm³/mol. The van der Waals surface area contributed by atoms with Gasteiger partial charge in [-0.1, -0.05) is 36.2 Å². The smallest absolute Gasteiger partial charge is 0.244 e. The van der Waals surface area contributed by atoms with Crippen molar-refractivity contribution < 1.29 is 13.2 Å². The van der Waals surface area contributed by atoms with Crippen LogP contribution in [0.2, 0.25) is 10.0 Å². The number of benzene rings is 1. The molecule has 1 rings (SSSR count). The number of ether oxygens (including phenoxy) is 1. The molecule has 0 aromatic heterocycles. The van der Waals surface area contributed by atoms with Gasteiger partial charge in [-0.3, -0.25) is 0 Å². The quantitative estimate of drug-likeness (QED) is 0.807. The van der Waals surface area contributed by atoms with Crippen LogP contribution in [-0.2, 0) is 14.8 Å². The summed E-state index contributed by atoms with van der Waals surface area (Å²) in [7, 11) is -2.16. The predicted octanol–water partition coefficient (Wildman–Crippen LogP) is 3.04. The van der Waals surface area contributed by atoms with Crippen LogP contribution >= 0.6 is 23.2 Å². The van der Waals surface area contributed by atoms with Gasteiger partial charge in [-0.25, -0.2) is 8.42 Å². The molecule has 0 saturated carbocycles. The van der Waals surface area contributed by atoms with E-state index in [1.54, 1.807) is 26.0 Å². The molecule has 0 N–H and O–H groups in total. The molecule has 1 aromatic rings. The molecule has 1 atom stereocenters. The van der Waals surface area contributed by atoms with Crippen LogP contribution in [0.1, 0.15) is 13.8 Å². The third kappa shape index (κ3) is 3.61. The Morgan fingerprint density at radius 2 is 2.00 bits per heavy atom. The Labute approximate surface area is 124 Å². The number of rotatable bonds is 6. The lowest BCUT2D eigenvalue weighted by Gasteiger charge is -2.27. The molecule has 0 aliphatic heterocycles. The maximum Gasteiger partial charge on any atom is 0.244 e. The van der Waals surface area contributed by atoms with Crippen LogP contribution in [-0.4, -0.2) is 39.0 Å². The average Bonchev–Trinajstić information content (AvgIpc) is 2.33. The second-order valence-electron chi connectivity index (χ2n) is 4.06. The van der Waals surface area contributed by atoms with E-state index in [0.29, 0.717) is 13.2 Å². The highest BCUT2D eigenvalue weighted by Crippen LogP contribution is 2.31. The molecule has 4 nitrogen and oxygen atoms in total. The van der Waals surface area contributed by atoms with Gasteiger partial charge in [0.15, 0.2) is 0 Å². The summed E-state index contributed by atoms with van der Waals surface area (Å²) in [6.45, 7) is 4.19. The number of hydrogen-bond acceptors (Lipinski definition) is 3. The summed E-state index contributed by atoms with van der Waals surface area (Å²) in [4.78, 5) is 0.0199. The van der Waals surface area contributed by atoms with Gasteiger partial charge in [0.05, 0.1) is 16.7 Å². The molecule has 7 heteroatoms. The van der Waals surface area contributed by atoms with E-state index in [-0.39, 0.29) is 21.0 Å². The Hall–Kier alpha value is -0.330. The number of likely N-dealkylation sites (N-methyl/N-ethyl adjacent to an activating group) is 1. The normalized spacial score (nSPS) is 13.8. The highest BCUT2D eigenvalue weighted by Gasteiger charge is 2.30. The van der Waals surface area contributed by atoms with Gasteiger partial charge in [-0.2, -0.15) is 4.31 Å². The fraction of sp³-hybridized carbons (Fsp3) is 0.500. The van der Waals surface area contributed by atoms with Crippen molar-refractivity contribution in [3.8, 4) is 0 Å². The van der Waals surface area contributed by atoms with Gasteiger partial charge in [-0.15, -0.1) is 0 Å². The number of nitrogens with zero attached hydrogens (tertiary/aromatic N) is 1. The fourth-order valence-electron chi connectivity index (χ4n) is 1.85. The zero-order valence-corrected chi connectivity index (χ0v) is 13.4. The lowest BCUT2D eigenvalue weighted by atomic mass is 10.3.